The Bertz CT molecular complexity index is 496. The molecule has 1 atom stereocenters. The third-order valence-electron chi connectivity index (χ3n) is 2.79. The molecule has 0 saturated carbocycles. The van der Waals surface area contributed by atoms with Crippen molar-refractivity contribution < 1.29 is 18.3 Å². The normalized spacial score (nSPS) is 14.2. The summed E-state index contributed by atoms with van der Waals surface area (Å²) in [6.07, 6.45) is -5.58. The third-order valence-corrected chi connectivity index (χ3v) is 3.11. The van der Waals surface area contributed by atoms with Crippen LogP contribution in [0.5, 0.6) is 0 Å². The lowest BCUT2D eigenvalue weighted by Gasteiger charge is -2.40. The van der Waals surface area contributed by atoms with Crippen LogP contribution in [0, 0.1) is 0 Å². The Kier molecular flexibility index (Phi) is 4.51. The number of anilines is 2. The van der Waals surface area contributed by atoms with E-state index in [1.54, 1.807) is 20.8 Å². The molecule has 0 bridgehead atoms. The molecule has 114 valence electrons. The van der Waals surface area contributed by atoms with E-state index in [-0.39, 0.29) is 10.7 Å². The van der Waals surface area contributed by atoms with E-state index in [0.29, 0.717) is 0 Å². The van der Waals surface area contributed by atoms with Crippen molar-refractivity contribution in [1.82, 2.24) is 0 Å². The van der Waals surface area contributed by atoms with E-state index in [4.69, 9.17) is 17.3 Å². The summed E-state index contributed by atoms with van der Waals surface area (Å²) in [5.41, 5.74) is 3.45. The van der Waals surface area contributed by atoms with Crippen LogP contribution in [-0.4, -0.2) is 16.9 Å². The zero-order chi connectivity index (χ0) is 15.9. The summed E-state index contributed by atoms with van der Waals surface area (Å²) < 4.78 is 38.9. The van der Waals surface area contributed by atoms with Gasteiger partial charge in [0.2, 0.25) is 0 Å². The van der Waals surface area contributed by atoms with Gasteiger partial charge in [0, 0.05) is 11.2 Å². The van der Waals surface area contributed by atoms with E-state index >= 15 is 0 Å². The molecule has 0 aliphatic rings. The van der Waals surface area contributed by atoms with Gasteiger partial charge in [0.1, 0.15) is 6.23 Å². The largest absolute Gasteiger partial charge is 0.418 e. The molecule has 1 rings (SSSR count). The first kappa shape index (κ1) is 16.9. The standard InChI is InChI=1S/C13H18ClF3N2O/c1-7(20)19(12(2,3)4)8-5-9(13(15,16)17)11(18)10(14)6-8/h5-7,20H,18H2,1-4H3. The fourth-order valence-corrected chi connectivity index (χ4v) is 2.35. The van der Waals surface area contributed by atoms with E-state index in [9.17, 15) is 18.3 Å². The molecule has 0 heterocycles. The number of alkyl halides is 3. The van der Waals surface area contributed by atoms with Gasteiger partial charge in [-0.15, -0.1) is 0 Å². The van der Waals surface area contributed by atoms with E-state index in [0.717, 1.165) is 6.07 Å². The average molecular weight is 311 g/mol. The molecule has 0 spiro atoms. The summed E-state index contributed by atoms with van der Waals surface area (Å²) in [7, 11) is 0. The molecule has 0 fully saturated rings. The van der Waals surface area contributed by atoms with Crippen molar-refractivity contribution >= 4 is 23.0 Å². The number of nitrogens with zero attached hydrogens (tertiary/aromatic N) is 1. The van der Waals surface area contributed by atoms with Gasteiger partial charge in [-0.1, -0.05) is 11.6 Å². The minimum atomic E-state index is -4.61. The van der Waals surface area contributed by atoms with Gasteiger partial charge in [-0.05, 0) is 39.8 Å². The van der Waals surface area contributed by atoms with Gasteiger partial charge in [-0.25, -0.2) is 0 Å². The first-order valence-corrected chi connectivity index (χ1v) is 6.37. The molecular formula is C13H18ClF3N2O. The topological polar surface area (TPSA) is 49.5 Å². The molecular weight excluding hydrogens is 293 g/mol. The number of nitrogen functional groups attached to an aromatic ring is 1. The lowest BCUT2D eigenvalue weighted by Crippen LogP contribution is -2.47. The highest BCUT2D eigenvalue weighted by molar-refractivity contribution is 6.33. The Morgan fingerprint density at radius 3 is 2.10 bits per heavy atom. The SMILES string of the molecule is CC(O)N(c1cc(Cl)c(N)c(C(F)(F)F)c1)C(C)(C)C. The van der Waals surface area contributed by atoms with Crippen LogP contribution < -0.4 is 10.6 Å². The fourth-order valence-electron chi connectivity index (χ4n) is 2.14. The van der Waals surface area contributed by atoms with Crippen molar-refractivity contribution in [3.05, 3.63) is 22.7 Å². The van der Waals surface area contributed by atoms with Crippen LogP contribution in [0.2, 0.25) is 5.02 Å². The molecule has 3 nitrogen and oxygen atoms in total. The van der Waals surface area contributed by atoms with Gasteiger partial charge in [0.05, 0.1) is 16.3 Å². The molecule has 0 radical (unpaired) electrons. The average Bonchev–Trinajstić information content (AvgIpc) is 2.18. The Balaban J connectivity index is 3.50. The van der Waals surface area contributed by atoms with E-state index in [1.807, 2.05) is 0 Å². The van der Waals surface area contributed by atoms with Gasteiger partial charge < -0.3 is 15.7 Å². The molecule has 0 aromatic heterocycles. The minimum absolute atomic E-state index is 0.166. The van der Waals surface area contributed by atoms with Crippen LogP contribution in [0.1, 0.15) is 33.3 Å². The van der Waals surface area contributed by atoms with E-state index in [1.165, 1.54) is 17.9 Å². The fraction of sp³-hybridized carbons (Fsp3) is 0.538. The molecule has 7 heteroatoms. The van der Waals surface area contributed by atoms with E-state index < -0.39 is 29.2 Å². The smallest absolute Gasteiger partial charge is 0.397 e. The highest BCUT2D eigenvalue weighted by Crippen LogP contribution is 2.41. The van der Waals surface area contributed by atoms with Crippen LogP contribution in [-0.2, 0) is 6.18 Å². The maximum atomic E-state index is 13.0. The predicted octanol–water partition coefficient (Wildman–Crippen LogP) is 3.88. The van der Waals surface area contributed by atoms with Crippen molar-refractivity contribution in [1.29, 1.82) is 0 Å². The Hall–Kier alpha value is -1.14. The molecule has 0 amide bonds. The number of hydrogen-bond acceptors (Lipinski definition) is 3. The zero-order valence-electron chi connectivity index (χ0n) is 11.7. The summed E-state index contributed by atoms with van der Waals surface area (Å²) >= 11 is 5.79. The van der Waals surface area contributed by atoms with E-state index in [2.05, 4.69) is 0 Å². The lowest BCUT2D eigenvalue weighted by molar-refractivity contribution is -0.136. The number of hydrogen-bond donors (Lipinski definition) is 2. The monoisotopic (exact) mass is 310 g/mol. The number of rotatable bonds is 2. The Morgan fingerprint density at radius 2 is 1.75 bits per heavy atom. The maximum absolute atomic E-state index is 13.0. The van der Waals surface area contributed by atoms with Crippen LogP contribution in [0.25, 0.3) is 0 Å². The first-order chi connectivity index (χ1) is 8.85. The first-order valence-electron chi connectivity index (χ1n) is 5.99. The molecule has 0 aliphatic heterocycles. The molecule has 1 aromatic carbocycles. The molecule has 0 aliphatic carbocycles. The van der Waals surface area contributed by atoms with Gasteiger partial charge >= 0.3 is 6.18 Å². The second-order valence-corrected chi connectivity index (χ2v) is 5.97. The van der Waals surface area contributed by atoms with Crippen molar-refractivity contribution in [2.75, 3.05) is 10.6 Å². The van der Waals surface area contributed by atoms with Gasteiger partial charge in [0.15, 0.2) is 0 Å². The molecule has 3 N–H and O–H groups in total. The van der Waals surface area contributed by atoms with Crippen LogP contribution in [0.4, 0.5) is 24.5 Å². The number of benzene rings is 1. The minimum Gasteiger partial charge on any atom is -0.397 e. The Labute approximate surface area is 121 Å². The van der Waals surface area contributed by atoms with Crippen molar-refractivity contribution in [2.45, 2.75) is 45.6 Å². The quantitative estimate of drug-likeness (QED) is 0.643. The van der Waals surface area contributed by atoms with Gasteiger partial charge in [-0.3, -0.25) is 0 Å². The molecule has 1 unspecified atom stereocenters. The molecule has 20 heavy (non-hydrogen) atoms. The van der Waals surface area contributed by atoms with Crippen LogP contribution in [0.15, 0.2) is 12.1 Å². The summed E-state index contributed by atoms with van der Waals surface area (Å²) in [6, 6.07) is 2.23. The zero-order valence-corrected chi connectivity index (χ0v) is 12.5. The highest BCUT2D eigenvalue weighted by Gasteiger charge is 2.36. The van der Waals surface area contributed by atoms with Crippen molar-refractivity contribution in [2.24, 2.45) is 0 Å². The summed E-state index contributed by atoms with van der Waals surface area (Å²) in [6.45, 7) is 6.80. The molecule has 0 saturated heterocycles. The predicted molar refractivity (Wildman–Crippen MR) is 74.8 cm³/mol. The summed E-state index contributed by atoms with van der Waals surface area (Å²) in [5, 5.41) is 9.64. The Morgan fingerprint density at radius 1 is 1.25 bits per heavy atom. The third kappa shape index (κ3) is 3.49. The summed E-state index contributed by atoms with van der Waals surface area (Å²) in [4.78, 5) is 1.44. The number of halogens is 4. The number of aliphatic hydroxyl groups excluding tert-OH is 1. The highest BCUT2D eigenvalue weighted by atomic mass is 35.5. The number of aliphatic hydroxyl groups is 1. The maximum Gasteiger partial charge on any atom is 0.418 e. The van der Waals surface area contributed by atoms with Crippen molar-refractivity contribution in [3.63, 3.8) is 0 Å². The van der Waals surface area contributed by atoms with Gasteiger partial charge in [0.25, 0.3) is 0 Å². The summed E-state index contributed by atoms with van der Waals surface area (Å²) in [5.74, 6) is 0. The van der Waals surface area contributed by atoms with Gasteiger partial charge in [-0.2, -0.15) is 13.2 Å². The molecule has 1 aromatic rings. The second kappa shape index (κ2) is 5.33. The second-order valence-electron chi connectivity index (χ2n) is 5.56. The van der Waals surface area contributed by atoms with Crippen LogP contribution >= 0.6 is 11.6 Å². The van der Waals surface area contributed by atoms with Crippen molar-refractivity contribution in [3.8, 4) is 0 Å². The lowest BCUT2D eigenvalue weighted by atomic mass is 10.0. The van der Waals surface area contributed by atoms with Crippen LogP contribution in [0.3, 0.4) is 0 Å². The number of nitrogens with two attached hydrogens (primary N) is 1.